The molecule has 6 nitrogen and oxygen atoms in total. The zero-order valence-corrected chi connectivity index (χ0v) is 43.3. The molecule has 0 saturated heterocycles. The first-order chi connectivity index (χ1) is 32.0. The van der Waals surface area contributed by atoms with Gasteiger partial charge in [0.2, 0.25) is 0 Å². The second-order valence-corrected chi connectivity index (χ2v) is 18.8. The molecule has 0 aromatic heterocycles. The van der Waals surface area contributed by atoms with E-state index in [0.717, 1.165) is 96.3 Å². The summed E-state index contributed by atoms with van der Waals surface area (Å²) >= 11 is 0. The highest BCUT2D eigenvalue weighted by molar-refractivity contribution is 5.71. The van der Waals surface area contributed by atoms with Crippen LogP contribution in [-0.4, -0.2) is 37.2 Å². The summed E-state index contributed by atoms with van der Waals surface area (Å²) in [4.78, 5) is 38.1. The fraction of sp³-hybridized carbons (Fsp3) is 0.814. The van der Waals surface area contributed by atoms with Crippen LogP contribution in [0.2, 0.25) is 0 Å². The number of esters is 3. The largest absolute Gasteiger partial charge is 0.462 e. The summed E-state index contributed by atoms with van der Waals surface area (Å²) in [5.74, 6) is -0.885. The van der Waals surface area contributed by atoms with Crippen LogP contribution >= 0.6 is 0 Å². The van der Waals surface area contributed by atoms with Crippen LogP contribution in [0.15, 0.2) is 48.6 Å². The number of unbranched alkanes of at least 4 members (excludes halogenated alkanes) is 32. The fourth-order valence-corrected chi connectivity index (χ4v) is 8.14. The molecule has 0 aliphatic carbocycles. The number of carbonyl (C=O) groups excluding carboxylic acids is 3. The Labute approximate surface area is 403 Å². The minimum Gasteiger partial charge on any atom is -0.462 e. The van der Waals surface area contributed by atoms with E-state index in [1.807, 2.05) is 0 Å². The highest BCUT2D eigenvalue weighted by atomic mass is 16.6. The SMILES string of the molecule is CC/C=C\C/C=C\C/C=C\C/C=C\CCCCCCC(=O)OCC(COC(=O)CCCCCCCCCCCCCCCCC)OC(=O)CCCCCCCCCCCCCCCCC. The first kappa shape index (κ1) is 62.4. The van der Waals surface area contributed by atoms with E-state index >= 15 is 0 Å². The molecule has 0 aromatic rings. The van der Waals surface area contributed by atoms with Crippen LogP contribution in [0, 0.1) is 0 Å². The molecule has 0 radical (unpaired) electrons. The number of allylic oxidation sites excluding steroid dienone is 8. The van der Waals surface area contributed by atoms with E-state index in [1.165, 1.54) is 154 Å². The molecule has 0 bridgehead atoms. The summed E-state index contributed by atoms with van der Waals surface area (Å²) in [6.07, 6.45) is 65.2. The number of rotatable bonds is 51. The Morgan fingerprint density at radius 2 is 0.600 bits per heavy atom. The molecule has 65 heavy (non-hydrogen) atoms. The Kier molecular flexibility index (Phi) is 51.8. The van der Waals surface area contributed by atoms with Crippen molar-refractivity contribution in [2.45, 2.75) is 297 Å². The van der Waals surface area contributed by atoms with E-state index < -0.39 is 6.10 Å². The maximum absolute atomic E-state index is 12.8. The van der Waals surface area contributed by atoms with Gasteiger partial charge in [0.15, 0.2) is 6.10 Å². The molecular formula is C59H106O6. The van der Waals surface area contributed by atoms with Gasteiger partial charge in [-0.2, -0.15) is 0 Å². The van der Waals surface area contributed by atoms with Crippen LogP contribution in [-0.2, 0) is 28.6 Å². The predicted molar refractivity (Wildman–Crippen MR) is 279 cm³/mol. The topological polar surface area (TPSA) is 78.9 Å². The van der Waals surface area contributed by atoms with Gasteiger partial charge >= 0.3 is 17.9 Å². The van der Waals surface area contributed by atoms with Crippen molar-refractivity contribution in [3.05, 3.63) is 48.6 Å². The van der Waals surface area contributed by atoms with Crippen molar-refractivity contribution in [3.63, 3.8) is 0 Å². The average molecular weight is 911 g/mol. The van der Waals surface area contributed by atoms with Crippen LogP contribution in [0.3, 0.4) is 0 Å². The summed E-state index contributed by atoms with van der Waals surface area (Å²) in [5, 5.41) is 0. The molecule has 0 aliphatic heterocycles. The van der Waals surface area contributed by atoms with Gasteiger partial charge in [0, 0.05) is 19.3 Å². The minimum absolute atomic E-state index is 0.0766. The molecule has 0 N–H and O–H groups in total. The number of carbonyl (C=O) groups is 3. The predicted octanol–water partition coefficient (Wildman–Crippen LogP) is 18.7. The van der Waals surface area contributed by atoms with Gasteiger partial charge in [-0.25, -0.2) is 0 Å². The van der Waals surface area contributed by atoms with Gasteiger partial charge < -0.3 is 14.2 Å². The van der Waals surface area contributed by atoms with E-state index in [4.69, 9.17) is 14.2 Å². The molecule has 6 heteroatoms. The maximum Gasteiger partial charge on any atom is 0.306 e. The summed E-state index contributed by atoms with van der Waals surface area (Å²) in [7, 11) is 0. The quantitative estimate of drug-likeness (QED) is 0.0262. The maximum atomic E-state index is 12.8. The normalized spacial score (nSPS) is 12.4. The Balaban J connectivity index is 4.38. The zero-order valence-electron chi connectivity index (χ0n) is 43.3. The van der Waals surface area contributed by atoms with Crippen LogP contribution < -0.4 is 0 Å². The molecule has 0 saturated carbocycles. The second-order valence-electron chi connectivity index (χ2n) is 18.8. The highest BCUT2D eigenvalue weighted by Gasteiger charge is 2.19. The molecule has 0 heterocycles. The number of hydrogen-bond acceptors (Lipinski definition) is 6. The Hall–Kier alpha value is -2.63. The van der Waals surface area contributed by atoms with Crippen LogP contribution in [0.5, 0.6) is 0 Å². The van der Waals surface area contributed by atoms with Crippen LogP contribution in [0.1, 0.15) is 290 Å². The Morgan fingerprint density at radius 1 is 0.323 bits per heavy atom. The van der Waals surface area contributed by atoms with Crippen molar-refractivity contribution in [3.8, 4) is 0 Å². The molecule has 0 amide bonds. The lowest BCUT2D eigenvalue weighted by molar-refractivity contribution is -0.167. The summed E-state index contributed by atoms with van der Waals surface area (Å²) < 4.78 is 16.9. The third-order valence-corrected chi connectivity index (χ3v) is 12.3. The van der Waals surface area contributed by atoms with Gasteiger partial charge in [0.25, 0.3) is 0 Å². The van der Waals surface area contributed by atoms with E-state index in [-0.39, 0.29) is 31.1 Å². The van der Waals surface area contributed by atoms with E-state index in [1.54, 1.807) is 0 Å². The van der Waals surface area contributed by atoms with E-state index in [2.05, 4.69) is 69.4 Å². The van der Waals surface area contributed by atoms with Gasteiger partial charge in [-0.3, -0.25) is 14.4 Å². The third-order valence-electron chi connectivity index (χ3n) is 12.3. The molecule has 0 rings (SSSR count). The van der Waals surface area contributed by atoms with Crippen molar-refractivity contribution in [2.24, 2.45) is 0 Å². The van der Waals surface area contributed by atoms with Crippen molar-refractivity contribution < 1.29 is 28.6 Å². The Morgan fingerprint density at radius 3 is 0.938 bits per heavy atom. The van der Waals surface area contributed by atoms with E-state index in [9.17, 15) is 14.4 Å². The molecule has 0 fully saturated rings. The van der Waals surface area contributed by atoms with Gasteiger partial charge in [-0.15, -0.1) is 0 Å². The van der Waals surface area contributed by atoms with E-state index in [0.29, 0.717) is 19.3 Å². The monoisotopic (exact) mass is 911 g/mol. The number of hydrogen-bond donors (Lipinski definition) is 0. The van der Waals surface area contributed by atoms with Gasteiger partial charge in [0.1, 0.15) is 13.2 Å². The van der Waals surface area contributed by atoms with Gasteiger partial charge in [-0.05, 0) is 57.8 Å². The fourth-order valence-electron chi connectivity index (χ4n) is 8.14. The standard InChI is InChI=1S/C59H106O6/c1-4-7-10-13-16-19-22-25-28-29-32-34-37-40-43-46-49-52-58(61)64-55-56(65-59(62)53-50-47-44-41-38-35-31-27-24-21-18-15-12-9-6-3)54-63-57(60)51-48-45-42-39-36-33-30-26-23-20-17-14-11-8-5-2/h7,10,16,19,25,28,32,34,56H,4-6,8-9,11-15,17-18,20-24,26-27,29-31,33,35-55H2,1-3H3/b10-7-,19-16-,28-25-,34-32-. The summed E-state index contributed by atoms with van der Waals surface area (Å²) in [6, 6.07) is 0. The first-order valence-electron chi connectivity index (χ1n) is 28.1. The van der Waals surface area contributed by atoms with Crippen molar-refractivity contribution >= 4 is 17.9 Å². The number of ether oxygens (including phenoxy) is 3. The molecule has 1 atom stereocenters. The van der Waals surface area contributed by atoms with Gasteiger partial charge in [-0.1, -0.05) is 262 Å². The van der Waals surface area contributed by atoms with Crippen LogP contribution in [0.25, 0.3) is 0 Å². The Bertz CT molecular complexity index is 1140. The third kappa shape index (κ3) is 52.2. The highest BCUT2D eigenvalue weighted by Crippen LogP contribution is 2.16. The van der Waals surface area contributed by atoms with Gasteiger partial charge in [0.05, 0.1) is 0 Å². The van der Waals surface area contributed by atoms with Crippen molar-refractivity contribution in [1.29, 1.82) is 0 Å². The lowest BCUT2D eigenvalue weighted by atomic mass is 10.0. The summed E-state index contributed by atoms with van der Waals surface area (Å²) in [5.41, 5.74) is 0. The van der Waals surface area contributed by atoms with Crippen LogP contribution in [0.4, 0.5) is 0 Å². The first-order valence-corrected chi connectivity index (χ1v) is 28.1. The molecule has 0 aliphatic rings. The lowest BCUT2D eigenvalue weighted by Gasteiger charge is -2.18. The molecule has 0 spiro atoms. The molecule has 1 unspecified atom stereocenters. The minimum atomic E-state index is -0.779. The smallest absolute Gasteiger partial charge is 0.306 e. The molecular weight excluding hydrogens is 805 g/mol. The lowest BCUT2D eigenvalue weighted by Crippen LogP contribution is -2.30. The average Bonchev–Trinajstić information content (AvgIpc) is 3.30. The zero-order chi connectivity index (χ0) is 47.2. The molecule has 0 aromatic carbocycles. The second kappa shape index (κ2) is 54.0. The van der Waals surface area contributed by atoms with Crippen molar-refractivity contribution in [1.82, 2.24) is 0 Å². The van der Waals surface area contributed by atoms with Crippen molar-refractivity contribution in [2.75, 3.05) is 13.2 Å². The summed E-state index contributed by atoms with van der Waals surface area (Å²) in [6.45, 7) is 6.54. The molecule has 378 valence electrons.